The van der Waals surface area contributed by atoms with Crippen molar-refractivity contribution in [1.82, 2.24) is 15.2 Å². The molecule has 1 aromatic rings. The number of hydrogen-bond donors (Lipinski definition) is 1. The molecule has 0 bridgehead atoms. The van der Waals surface area contributed by atoms with E-state index in [0.717, 1.165) is 31.9 Å². The first-order valence-electron chi connectivity index (χ1n) is 7.22. The molecule has 0 saturated carbocycles. The highest BCUT2D eigenvalue weighted by atomic mass is 16.5. The first kappa shape index (κ1) is 14.9. The summed E-state index contributed by atoms with van der Waals surface area (Å²) < 4.78 is 4.67. The summed E-state index contributed by atoms with van der Waals surface area (Å²) in [4.78, 5) is 18.1. The number of carbonyl (C=O) groups excluding carboxylic acids is 1. The van der Waals surface area contributed by atoms with Gasteiger partial charge >= 0.3 is 5.97 Å². The number of hydrogen-bond acceptors (Lipinski definition) is 5. The third-order valence-corrected chi connectivity index (χ3v) is 3.72. The molecule has 0 radical (unpaired) electrons. The molecule has 1 fully saturated rings. The van der Waals surface area contributed by atoms with Gasteiger partial charge in [-0.3, -0.25) is 9.88 Å². The molecule has 0 aromatic carbocycles. The highest BCUT2D eigenvalue weighted by Crippen LogP contribution is 2.10. The summed E-state index contributed by atoms with van der Waals surface area (Å²) in [6, 6.07) is 4.27. The highest BCUT2D eigenvalue weighted by Gasteiger charge is 2.17. The van der Waals surface area contributed by atoms with Crippen molar-refractivity contribution in [2.24, 2.45) is 0 Å². The molecular formula is C15H23N3O2. The third-order valence-electron chi connectivity index (χ3n) is 3.72. The van der Waals surface area contributed by atoms with Crippen LogP contribution in [0.5, 0.6) is 0 Å². The van der Waals surface area contributed by atoms with E-state index in [1.807, 2.05) is 6.07 Å². The third kappa shape index (κ3) is 4.02. The van der Waals surface area contributed by atoms with E-state index in [4.69, 9.17) is 0 Å². The number of methoxy groups -OCH3 is 1. The Labute approximate surface area is 120 Å². The summed E-state index contributed by atoms with van der Waals surface area (Å²) in [6.07, 6.45) is 4.11. The Morgan fingerprint density at radius 3 is 2.95 bits per heavy atom. The summed E-state index contributed by atoms with van der Waals surface area (Å²) >= 11 is 0. The molecule has 1 aliphatic heterocycles. The van der Waals surface area contributed by atoms with Gasteiger partial charge in [0.05, 0.1) is 18.4 Å². The number of likely N-dealkylation sites (N-methyl/N-ethyl adjacent to an activating group) is 1. The second-order valence-corrected chi connectivity index (χ2v) is 5.15. The largest absolute Gasteiger partial charge is 0.465 e. The fraction of sp³-hybridized carbons (Fsp3) is 0.600. The van der Waals surface area contributed by atoms with E-state index in [2.05, 4.69) is 26.9 Å². The standard InChI is InChI=1S/C15H23N3O2/c1-3-18(10-13-5-4-8-16-13)11-14-7-6-12(9-17-14)15(19)20-2/h6-7,9,13,16H,3-5,8,10-11H2,1-2H3. The van der Waals surface area contributed by atoms with Crippen LogP contribution in [-0.4, -0.2) is 48.6 Å². The maximum absolute atomic E-state index is 11.4. The lowest BCUT2D eigenvalue weighted by molar-refractivity contribution is 0.0600. The summed E-state index contributed by atoms with van der Waals surface area (Å²) in [6.45, 7) is 6.16. The quantitative estimate of drug-likeness (QED) is 0.797. The van der Waals surface area contributed by atoms with Crippen LogP contribution >= 0.6 is 0 Å². The van der Waals surface area contributed by atoms with Crippen molar-refractivity contribution < 1.29 is 9.53 Å². The number of pyridine rings is 1. The minimum absolute atomic E-state index is 0.341. The number of ether oxygens (including phenoxy) is 1. The molecule has 110 valence electrons. The molecular weight excluding hydrogens is 254 g/mol. The summed E-state index contributed by atoms with van der Waals surface area (Å²) in [5.41, 5.74) is 1.48. The first-order chi connectivity index (χ1) is 9.72. The number of nitrogens with zero attached hydrogens (tertiary/aromatic N) is 2. The van der Waals surface area contributed by atoms with Gasteiger partial charge in [-0.2, -0.15) is 0 Å². The minimum Gasteiger partial charge on any atom is -0.465 e. The Morgan fingerprint density at radius 2 is 2.40 bits per heavy atom. The predicted molar refractivity (Wildman–Crippen MR) is 77.6 cm³/mol. The molecule has 2 rings (SSSR count). The van der Waals surface area contributed by atoms with Crippen LogP contribution in [0.2, 0.25) is 0 Å². The van der Waals surface area contributed by atoms with Gasteiger partial charge in [0.1, 0.15) is 0 Å². The Kier molecular flexibility index (Phi) is 5.49. The molecule has 0 spiro atoms. The van der Waals surface area contributed by atoms with Gasteiger partial charge in [0, 0.05) is 25.3 Å². The molecule has 1 aromatic heterocycles. The molecule has 1 atom stereocenters. The van der Waals surface area contributed by atoms with Crippen LogP contribution < -0.4 is 5.32 Å². The van der Waals surface area contributed by atoms with E-state index in [1.165, 1.54) is 20.0 Å². The van der Waals surface area contributed by atoms with Crippen LogP contribution in [0.15, 0.2) is 18.3 Å². The number of esters is 1. The van der Waals surface area contributed by atoms with Gasteiger partial charge in [-0.15, -0.1) is 0 Å². The Bertz CT molecular complexity index is 427. The zero-order valence-corrected chi connectivity index (χ0v) is 12.3. The van der Waals surface area contributed by atoms with Crippen LogP contribution in [0.1, 0.15) is 35.8 Å². The van der Waals surface area contributed by atoms with Gasteiger partial charge in [0.2, 0.25) is 0 Å². The van der Waals surface area contributed by atoms with E-state index in [0.29, 0.717) is 11.6 Å². The Balaban J connectivity index is 1.91. The normalized spacial score (nSPS) is 18.4. The molecule has 1 N–H and O–H groups in total. The van der Waals surface area contributed by atoms with Gasteiger partial charge in [-0.25, -0.2) is 4.79 Å². The monoisotopic (exact) mass is 277 g/mol. The number of nitrogens with one attached hydrogen (secondary N) is 1. The Morgan fingerprint density at radius 1 is 1.55 bits per heavy atom. The van der Waals surface area contributed by atoms with Crippen LogP contribution in [0.25, 0.3) is 0 Å². The van der Waals surface area contributed by atoms with E-state index in [9.17, 15) is 4.79 Å². The fourth-order valence-electron chi connectivity index (χ4n) is 2.52. The van der Waals surface area contributed by atoms with E-state index in [-0.39, 0.29) is 5.97 Å². The van der Waals surface area contributed by atoms with Crippen molar-refractivity contribution in [3.8, 4) is 0 Å². The van der Waals surface area contributed by atoms with Crippen LogP contribution in [0, 0.1) is 0 Å². The van der Waals surface area contributed by atoms with E-state index >= 15 is 0 Å². The SMILES string of the molecule is CCN(Cc1ccc(C(=O)OC)cn1)CC1CCCN1. The molecule has 2 heterocycles. The van der Waals surface area contributed by atoms with E-state index < -0.39 is 0 Å². The maximum atomic E-state index is 11.4. The van der Waals surface area contributed by atoms with Crippen molar-refractivity contribution in [3.63, 3.8) is 0 Å². The maximum Gasteiger partial charge on any atom is 0.339 e. The lowest BCUT2D eigenvalue weighted by atomic mass is 10.2. The van der Waals surface area contributed by atoms with Crippen molar-refractivity contribution >= 4 is 5.97 Å². The van der Waals surface area contributed by atoms with Crippen LogP contribution in [0.3, 0.4) is 0 Å². The average molecular weight is 277 g/mol. The summed E-state index contributed by atoms with van der Waals surface area (Å²) in [7, 11) is 1.38. The first-order valence-corrected chi connectivity index (χ1v) is 7.22. The van der Waals surface area contributed by atoms with Crippen molar-refractivity contribution in [1.29, 1.82) is 0 Å². The topological polar surface area (TPSA) is 54.5 Å². The number of carbonyl (C=O) groups is 1. The predicted octanol–water partition coefficient (Wildman–Crippen LogP) is 1.44. The van der Waals surface area contributed by atoms with Crippen LogP contribution in [0.4, 0.5) is 0 Å². The smallest absolute Gasteiger partial charge is 0.339 e. The van der Waals surface area contributed by atoms with Gasteiger partial charge in [0.15, 0.2) is 0 Å². The molecule has 1 saturated heterocycles. The second kappa shape index (κ2) is 7.36. The minimum atomic E-state index is -0.341. The molecule has 5 nitrogen and oxygen atoms in total. The fourth-order valence-corrected chi connectivity index (χ4v) is 2.52. The molecule has 0 amide bonds. The zero-order chi connectivity index (χ0) is 14.4. The molecule has 1 aliphatic rings. The second-order valence-electron chi connectivity index (χ2n) is 5.15. The Hall–Kier alpha value is -1.46. The number of aromatic nitrogens is 1. The van der Waals surface area contributed by atoms with Gasteiger partial charge in [-0.05, 0) is 38.1 Å². The van der Waals surface area contributed by atoms with Gasteiger partial charge in [-0.1, -0.05) is 6.92 Å². The van der Waals surface area contributed by atoms with Gasteiger partial charge < -0.3 is 10.1 Å². The van der Waals surface area contributed by atoms with E-state index in [1.54, 1.807) is 12.3 Å². The lowest BCUT2D eigenvalue weighted by Gasteiger charge is -2.23. The average Bonchev–Trinajstić information content (AvgIpc) is 2.99. The summed E-state index contributed by atoms with van der Waals surface area (Å²) in [5, 5.41) is 3.52. The van der Waals surface area contributed by atoms with Crippen molar-refractivity contribution in [3.05, 3.63) is 29.6 Å². The van der Waals surface area contributed by atoms with Gasteiger partial charge in [0.25, 0.3) is 0 Å². The van der Waals surface area contributed by atoms with Crippen LogP contribution in [-0.2, 0) is 11.3 Å². The lowest BCUT2D eigenvalue weighted by Crippen LogP contribution is -2.37. The zero-order valence-electron chi connectivity index (χ0n) is 12.3. The van der Waals surface area contributed by atoms with Crippen molar-refractivity contribution in [2.45, 2.75) is 32.4 Å². The molecule has 5 heteroatoms. The van der Waals surface area contributed by atoms with Crippen molar-refractivity contribution in [2.75, 3.05) is 26.7 Å². The summed E-state index contributed by atoms with van der Waals surface area (Å²) in [5.74, 6) is -0.341. The number of rotatable bonds is 6. The molecule has 20 heavy (non-hydrogen) atoms. The highest BCUT2D eigenvalue weighted by molar-refractivity contribution is 5.88. The molecule has 1 unspecified atom stereocenters. The molecule has 0 aliphatic carbocycles.